The summed E-state index contributed by atoms with van der Waals surface area (Å²) >= 11 is 0. The van der Waals surface area contributed by atoms with E-state index in [0.29, 0.717) is 0 Å². The molecule has 0 aromatic heterocycles. The fourth-order valence-electron chi connectivity index (χ4n) is 2.65. The van der Waals surface area contributed by atoms with Crippen molar-refractivity contribution in [3.05, 3.63) is 6.42 Å². The van der Waals surface area contributed by atoms with Crippen LogP contribution in [0.15, 0.2) is 0 Å². The summed E-state index contributed by atoms with van der Waals surface area (Å²) < 4.78 is 0. The van der Waals surface area contributed by atoms with Crippen molar-refractivity contribution in [3.8, 4) is 0 Å². The first-order chi connectivity index (χ1) is 7.43. The monoisotopic (exact) mass is 209 g/mol. The van der Waals surface area contributed by atoms with Crippen LogP contribution < -0.4 is 0 Å². The van der Waals surface area contributed by atoms with E-state index in [0.717, 1.165) is 5.92 Å². The van der Waals surface area contributed by atoms with Gasteiger partial charge in [0.1, 0.15) is 0 Å². The van der Waals surface area contributed by atoms with Crippen molar-refractivity contribution in [1.29, 1.82) is 0 Å². The Hall–Kier alpha value is 0. The van der Waals surface area contributed by atoms with E-state index in [1.54, 1.807) is 0 Å². The lowest BCUT2D eigenvalue weighted by molar-refractivity contribution is 0.493. The summed E-state index contributed by atoms with van der Waals surface area (Å²) in [5.74, 6) is 0.971. The molecule has 0 aromatic carbocycles. The summed E-state index contributed by atoms with van der Waals surface area (Å²) in [5.41, 5.74) is 0. The summed E-state index contributed by atoms with van der Waals surface area (Å²) in [5, 5.41) is 0. The van der Waals surface area contributed by atoms with Gasteiger partial charge in [0.15, 0.2) is 0 Å². The largest absolute Gasteiger partial charge is 0.0654 e. The minimum absolute atomic E-state index is 0.971. The molecule has 1 rings (SSSR count). The molecule has 15 heavy (non-hydrogen) atoms. The van der Waals surface area contributed by atoms with Gasteiger partial charge in [-0.2, -0.15) is 0 Å². The summed E-state index contributed by atoms with van der Waals surface area (Å²) in [6.07, 6.45) is 20.1. The predicted molar refractivity (Wildman–Crippen MR) is 68.9 cm³/mol. The Morgan fingerprint density at radius 2 is 1.53 bits per heavy atom. The van der Waals surface area contributed by atoms with Crippen molar-refractivity contribution in [3.63, 3.8) is 0 Å². The van der Waals surface area contributed by atoms with Crippen molar-refractivity contribution < 1.29 is 0 Å². The minimum Gasteiger partial charge on any atom is -0.0654 e. The van der Waals surface area contributed by atoms with E-state index >= 15 is 0 Å². The zero-order valence-corrected chi connectivity index (χ0v) is 10.6. The molecule has 0 amide bonds. The van der Waals surface area contributed by atoms with E-state index in [1.165, 1.54) is 77.0 Å². The number of unbranched alkanes of at least 4 members (excludes halogenated alkanes) is 5. The average molecular weight is 209 g/mol. The van der Waals surface area contributed by atoms with Crippen molar-refractivity contribution >= 4 is 0 Å². The average Bonchev–Trinajstić information content (AvgIpc) is 2.52. The maximum Gasteiger partial charge on any atom is -0.0355 e. The van der Waals surface area contributed by atoms with Crippen LogP contribution in [0.3, 0.4) is 0 Å². The van der Waals surface area contributed by atoms with Crippen molar-refractivity contribution in [2.24, 2.45) is 5.92 Å². The Labute approximate surface area is 96.8 Å². The van der Waals surface area contributed by atoms with Crippen LogP contribution in [0.2, 0.25) is 0 Å². The van der Waals surface area contributed by atoms with E-state index in [1.807, 2.05) is 0 Å². The third-order valence-electron chi connectivity index (χ3n) is 3.71. The van der Waals surface area contributed by atoms with Crippen LogP contribution in [0.5, 0.6) is 0 Å². The standard InChI is InChI=1S/C15H29/c1-2-3-4-5-6-9-12-15-13-10-7-8-11-14-15/h12,15H,2-11,13-14H2,1H3. The van der Waals surface area contributed by atoms with E-state index in [4.69, 9.17) is 0 Å². The van der Waals surface area contributed by atoms with Gasteiger partial charge in [-0.3, -0.25) is 0 Å². The van der Waals surface area contributed by atoms with Crippen LogP contribution in [0.1, 0.15) is 84.0 Å². The molecule has 0 heteroatoms. The van der Waals surface area contributed by atoms with Crippen LogP contribution in [0.25, 0.3) is 0 Å². The topological polar surface area (TPSA) is 0 Å². The maximum absolute atomic E-state index is 2.64. The molecule has 0 aliphatic heterocycles. The SMILES string of the molecule is CCCCCCC[CH]C1CCCCCC1. The Kier molecular flexibility index (Phi) is 8.05. The van der Waals surface area contributed by atoms with Crippen molar-refractivity contribution in [1.82, 2.24) is 0 Å². The van der Waals surface area contributed by atoms with Gasteiger partial charge in [-0.05, 0) is 18.8 Å². The van der Waals surface area contributed by atoms with Gasteiger partial charge in [-0.25, -0.2) is 0 Å². The molecular formula is C15H29. The second-order valence-electron chi connectivity index (χ2n) is 5.19. The normalized spacial score (nSPS) is 19.0. The highest BCUT2D eigenvalue weighted by molar-refractivity contribution is 4.78. The molecule has 0 bridgehead atoms. The van der Waals surface area contributed by atoms with Gasteiger partial charge in [0, 0.05) is 0 Å². The van der Waals surface area contributed by atoms with Gasteiger partial charge >= 0.3 is 0 Å². The third-order valence-corrected chi connectivity index (χ3v) is 3.71. The lowest BCUT2D eigenvalue weighted by Gasteiger charge is -2.12. The van der Waals surface area contributed by atoms with Gasteiger partial charge < -0.3 is 0 Å². The maximum atomic E-state index is 2.64. The quantitative estimate of drug-likeness (QED) is 0.382. The first-order valence-corrected chi connectivity index (χ1v) is 7.27. The van der Waals surface area contributed by atoms with Crippen molar-refractivity contribution in [2.75, 3.05) is 0 Å². The van der Waals surface area contributed by atoms with Crippen LogP contribution >= 0.6 is 0 Å². The first kappa shape index (κ1) is 13.1. The van der Waals surface area contributed by atoms with Gasteiger partial charge in [-0.15, -0.1) is 0 Å². The lowest BCUT2D eigenvalue weighted by Crippen LogP contribution is -1.99. The van der Waals surface area contributed by atoms with Gasteiger partial charge in [0.2, 0.25) is 0 Å². The zero-order chi connectivity index (χ0) is 10.8. The molecule has 0 spiro atoms. The Bertz CT molecular complexity index is 120. The molecule has 1 saturated carbocycles. The summed E-state index contributed by atoms with van der Waals surface area (Å²) in [6, 6.07) is 0. The van der Waals surface area contributed by atoms with E-state index in [-0.39, 0.29) is 0 Å². The molecule has 0 heterocycles. The fourth-order valence-corrected chi connectivity index (χ4v) is 2.65. The Morgan fingerprint density at radius 3 is 2.20 bits per heavy atom. The molecule has 1 radical (unpaired) electrons. The third kappa shape index (κ3) is 6.98. The second-order valence-corrected chi connectivity index (χ2v) is 5.19. The molecule has 1 fully saturated rings. The Balaban J connectivity index is 1.89. The lowest BCUT2D eigenvalue weighted by atomic mass is 9.93. The smallest absolute Gasteiger partial charge is 0.0355 e. The molecule has 0 unspecified atom stereocenters. The number of rotatable bonds is 7. The van der Waals surface area contributed by atoms with Crippen molar-refractivity contribution in [2.45, 2.75) is 84.0 Å². The molecule has 0 N–H and O–H groups in total. The fraction of sp³-hybridized carbons (Fsp3) is 0.933. The van der Waals surface area contributed by atoms with Gasteiger partial charge in [0.25, 0.3) is 0 Å². The summed E-state index contributed by atoms with van der Waals surface area (Å²) in [7, 11) is 0. The Morgan fingerprint density at radius 1 is 0.867 bits per heavy atom. The highest BCUT2D eigenvalue weighted by atomic mass is 14.2. The molecule has 0 nitrogen and oxygen atoms in total. The molecule has 0 saturated heterocycles. The van der Waals surface area contributed by atoms with E-state index in [2.05, 4.69) is 13.3 Å². The summed E-state index contributed by atoms with van der Waals surface area (Å²) in [6.45, 7) is 2.29. The highest BCUT2D eigenvalue weighted by Gasteiger charge is 2.11. The molecule has 89 valence electrons. The van der Waals surface area contributed by atoms with Crippen LogP contribution in [-0.4, -0.2) is 0 Å². The van der Waals surface area contributed by atoms with Crippen LogP contribution in [0, 0.1) is 12.3 Å². The molecule has 1 aliphatic rings. The molecular weight excluding hydrogens is 180 g/mol. The number of hydrogen-bond donors (Lipinski definition) is 0. The zero-order valence-electron chi connectivity index (χ0n) is 10.6. The second kappa shape index (κ2) is 9.24. The van der Waals surface area contributed by atoms with Crippen LogP contribution in [0.4, 0.5) is 0 Å². The highest BCUT2D eigenvalue weighted by Crippen LogP contribution is 2.26. The minimum atomic E-state index is 0.971. The number of hydrogen-bond acceptors (Lipinski definition) is 0. The van der Waals surface area contributed by atoms with Crippen LogP contribution in [-0.2, 0) is 0 Å². The first-order valence-electron chi connectivity index (χ1n) is 7.27. The van der Waals surface area contributed by atoms with E-state index < -0.39 is 0 Å². The van der Waals surface area contributed by atoms with Gasteiger partial charge in [0.05, 0.1) is 0 Å². The summed E-state index contributed by atoms with van der Waals surface area (Å²) in [4.78, 5) is 0. The van der Waals surface area contributed by atoms with E-state index in [9.17, 15) is 0 Å². The predicted octanol–water partition coefficient (Wildman–Crippen LogP) is 5.52. The molecule has 0 atom stereocenters. The van der Waals surface area contributed by atoms with Gasteiger partial charge in [-0.1, -0.05) is 77.6 Å². The molecule has 0 aromatic rings. The molecule has 1 aliphatic carbocycles.